The highest BCUT2D eigenvalue weighted by molar-refractivity contribution is 6.05. The van der Waals surface area contributed by atoms with Gasteiger partial charge in [0, 0.05) is 22.3 Å². The van der Waals surface area contributed by atoms with Gasteiger partial charge in [0.15, 0.2) is 5.65 Å². The normalized spacial score (nSPS) is 11.0. The number of H-pyrrole nitrogens is 1. The highest BCUT2D eigenvalue weighted by Gasteiger charge is 2.10. The average Bonchev–Trinajstić information content (AvgIpc) is 3.17. The van der Waals surface area contributed by atoms with Crippen molar-refractivity contribution in [2.24, 2.45) is 0 Å². The summed E-state index contributed by atoms with van der Waals surface area (Å²) in [5, 5.41) is 15.2. The topological polar surface area (TPSA) is 88.5 Å². The number of carbonyl (C=O) groups is 1. The van der Waals surface area contributed by atoms with Crippen LogP contribution in [0.3, 0.4) is 0 Å². The number of aromatic amines is 1. The van der Waals surface area contributed by atoms with Crippen LogP contribution >= 0.6 is 0 Å². The van der Waals surface area contributed by atoms with Gasteiger partial charge in [-0.05, 0) is 57.2 Å². The molecule has 0 saturated heterocycles. The lowest BCUT2D eigenvalue weighted by atomic mass is 10.2. The van der Waals surface area contributed by atoms with Crippen molar-refractivity contribution in [3.8, 4) is 5.69 Å². The first kappa shape index (κ1) is 16.0. The Hall–Kier alpha value is -3.48. The Morgan fingerprint density at radius 1 is 1.12 bits per heavy atom. The minimum atomic E-state index is -0.188. The maximum Gasteiger partial charge on any atom is 0.255 e. The van der Waals surface area contributed by atoms with E-state index in [-0.39, 0.29) is 5.91 Å². The molecule has 0 aliphatic rings. The molecule has 4 rings (SSSR count). The predicted octanol–water partition coefficient (Wildman–Crippen LogP) is 3.32. The van der Waals surface area contributed by atoms with Crippen molar-refractivity contribution in [3.63, 3.8) is 0 Å². The van der Waals surface area contributed by atoms with E-state index < -0.39 is 0 Å². The molecule has 0 unspecified atom stereocenters. The number of hydrogen-bond acceptors (Lipinski definition) is 4. The maximum atomic E-state index is 12.5. The Morgan fingerprint density at radius 3 is 2.58 bits per heavy atom. The number of anilines is 1. The van der Waals surface area contributed by atoms with E-state index in [0.717, 1.165) is 28.2 Å². The second-order valence-electron chi connectivity index (χ2n) is 6.28. The SMILES string of the molecule is Cc1cc(C)n(-c2ccc(C(=O)Nc3cnc4n[nH]c(C)c4c3)cc2)n1. The number of carbonyl (C=O) groups excluding carboxylic acids is 1. The fourth-order valence-corrected chi connectivity index (χ4v) is 2.94. The first-order valence-corrected chi connectivity index (χ1v) is 8.27. The summed E-state index contributed by atoms with van der Waals surface area (Å²) in [6, 6.07) is 11.2. The van der Waals surface area contributed by atoms with Crippen LogP contribution in [0.4, 0.5) is 5.69 Å². The van der Waals surface area contributed by atoms with Crippen molar-refractivity contribution in [2.45, 2.75) is 20.8 Å². The molecule has 4 aromatic rings. The van der Waals surface area contributed by atoms with E-state index in [2.05, 4.69) is 25.6 Å². The number of amides is 1. The number of rotatable bonds is 3. The molecule has 0 aliphatic carbocycles. The van der Waals surface area contributed by atoms with Gasteiger partial charge in [-0.25, -0.2) is 9.67 Å². The van der Waals surface area contributed by atoms with Gasteiger partial charge in [0.2, 0.25) is 0 Å². The summed E-state index contributed by atoms with van der Waals surface area (Å²) in [4.78, 5) is 16.8. The summed E-state index contributed by atoms with van der Waals surface area (Å²) in [7, 11) is 0. The third-order valence-corrected chi connectivity index (χ3v) is 4.24. The molecular formula is C19H18N6O. The largest absolute Gasteiger partial charge is 0.321 e. The lowest BCUT2D eigenvalue weighted by Gasteiger charge is -2.07. The van der Waals surface area contributed by atoms with E-state index in [0.29, 0.717) is 16.9 Å². The predicted molar refractivity (Wildman–Crippen MR) is 99.6 cm³/mol. The highest BCUT2D eigenvalue weighted by atomic mass is 16.1. The van der Waals surface area contributed by atoms with Crippen molar-refractivity contribution in [1.82, 2.24) is 25.0 Å². The van der Waals surface area contributed by atoms with Crippen LogP contribution < -0.4 is 5.32 Å². The molecule has 0 radical (unpaired) electrons. The Morgan fingerprint density at radius 2 is 1.88 bits per heavy atom. The van der Waals surface area contributed by atoms with Crippen LogP contribution in [0, 0.1) is 20.8 Å². The fourth-order valence-electron chi connectivity index (χ4n) is 2.94. The molecule has 1 amide bonds. The standard InChI is InChI=1S/C19H18N6O/c1-11-8-12(2)25(24-11)16-6-4-14(5-7-16)19(26)21-15-9-17-13(3)22-23-18(17)20-10-15/h4-10H,1-3H3,(H,21,26)(H,20,22,23). The molecule has 0 aliphatic heterocycles. The monoisotopic (exact) mass is 346 g/mol. The van der Waals surface area contributed by atoms with Crippen LogP contribution in [0.25, 0.3) is 16.7 Å². The number of hydrogen-bond donors (Lipinski definition) is 2. The van der Waals surface area contributed by atoms with Crippen LogP contribution in [-0.4, -0.2) is 30.9 Å². The molecule has 0 saturated carbocycles. The van der Waals surface area contributed by atoms with E-state index in [9.17, 15) is 4.79 Å². The van der Waals surface area contributed by atoms with Gasteiger partial charge in [0.05, 0.1) is 23.3 Å². The Kier molecular flexibility index (Phi) is 3.76. The Bertz CT molecular complexity index is 1110. The third-order valence-electron chi connectivity index (χ3n) is 4.24. The number of nitrogens with one attached hydrogen (secondary N) is 2. The number of fused-ring (bicyclic) bond motifs is 1. The summed E-state index contributed by atoms with van der Waals surface area (Å²) in [5.74, 6) is -0.188. The van der Waals surface area contributed by atoms with E-state index >= 15 is 0 Å². The number of nitrogens with zero attached hydrogens (tertiary/aromatic N) is 4. The quantitative estimate of drug-likeness (QED) is 0.595. The summed E-state index contributed by atoms with van der Waals surface area (Å²) in [6.45, 7) is 5.87. The molecule has 0 fully saturated rings. The van der Waals surface area contributed by atoms with Crippen LogP contribution in [0.15, 0.2) is 42.6 Å². The van der Waals surface area contributed by atoms with Gasteiger partial charge in [0.25, 0.3) is 5.91 Å². The summed E-state index contributed by atoms with van der Waals surface area (Å²) >= 11 is 0. The van der Waals surface area contributed by atoms with Gasteiger partial charge in [-0.3, -0.25) is 9.89 Å². The summed E-state index contributed by atoms with van der Waals surface area (Å²) < 4.78 is 1.86. The molecule has 7 heteroatoms. The zero-order chi connectivity index (χ0) is 18.3. The van der Waals surface area contributed by atoms with Crippen LogP contribution in [0.2, 0.25) is 0 Å². The van der Waals surface area contributed by atoms with E-state index in [1.54, 1.807) is 18.3 Å². The van der Waals surface area contributed by atoms with Crippen molar-refractivity contribution < 1.29 is 4.79 Å². The van der Waals surface area contributed by atoms with Gasteiger partial charge in [-0.15, -0.1) is 0 Å². The van der Waals surface area contributed by atoms with Gasteiger partial charge in [-0.2, -0.15) is 10.2 Å². The minimum absolute atomic E-state index is 0.188. The molecule has 7 nitrogen and oxygen atoms in total. The number of benzene rings is 1. The molecule has 2 N–H and O–H groups in total. The molecule has 0 atom stereocenters. The summed E-state index contributed by atoms with van der Waals surface area (Å²) in [5.41, 5.74) is 5.68. The molecule has 130 valence electrons. The van der Waals surface area contributed by atoms with Gasteiger partial charge >= 0.3 is 0 Å². The van der Waals surface area contributed by atoms with Gasteiger partial charge in [0.1, 0.15) is 0 Å². The van der Waals surface area contributed by atoms with Crippen LogP contribution in [-0.2, 0) is 0 Å². The Labute approximate surface area is 150 Å². The van der Waals surface area contributed by atoms with E-state index in [4.69, 9.17) is 0 Å². The number of pyridine rings is 1. The fraction of sp³-hybridized carbons (Fsp3) is 0.158. The smallest absolute Gasteiger partial charge is 0.255 e. The van der Waals surface area contributed by atoms with Crippen molar-refractivity contribution in [1.29, 1.82) is 0 Å². The molecule has 1 aromatic carbocycles. The summed E-state index contributed by atoms with van der Waals surface area (Å²) in [6.07, 6.45) is 1.60. The lowest BCUT2D eigenvalue weighted by Crippen LogP contribution is -2.12. The second kappa shape index (κ2) is 6.11. The highest BCUT2D eigenvalue weighted by Crippen LogP contribution is 2.19. The first-order valence-electron chi connectivity index (χ1n) is 8.27. The van der Waals surface area contributed by atoms with E-state index in [1.807, 2.05) is 49.7 Å². The van der Waals surface area contributed by atoms with Crippen LogP contribution in [0.1, 0.15) is 27.4 Å². The zero-order valence-electron chi connectivity index (χ0n) is 14.7. The lowest BCUT2D eigenvalue weighted by molar-refractivity contribution is 0.102. The molecule has 26 heavy (non-hydrogen) atoms. The third kappa shape index (κ3) is 2.83. The van der Waals surface area contributed by atoms with Crippen molar-refractivity contribution in [3.05, 3.63) is 65.2 Å². The molecule has 0 bridgehead atoms. The zero-order valence-corrected chi connectivity index (χ0v) is 14.7. The average molecular weight is 346 g/mol. The second-order valence-corrected chi connectivity index (χ2v) is 6.28. The number of aromatic nitrogens is 5. The Balaban J connectivity index is 1.55. The molecule has 3 aromatic heterocycles. The van der Waals surface area contributed by atoms with Crippen LogP contribution in [0.5, 0.6) is 0 Å². The van der Waals surface area contributed by atoms with E-state index in [1.165, 1.54) is 0 Å². The molecular weight excluding hydrogens is 328 g/mol. The first-order chi connectivity index (χ1) is 12.5. The van der Waals surface area contributed by atoms with Crippen molar-refractivity contribution >= 4 is 22.6 Å². The van der Waals surface area contributed by atoms with Gasteiger partial charge in [-0.1, -0.05) is 0 Å². The van der Waals surface area contributed by atoms with Crippen molar-refractivity contribution in [2.75, 3.05) is 5.32 Å². The minimum Gasteiger partial charge on any atom is -0.321 e. The molecule has 3 heterocycles. The molecule has 0 spiro atoms. The maximum absolute atomic E-state index is 12.5. The number of aryl methyl sites for hydroxylation is 3. The van der Waals surface area contributed by atoms with Gasteiger partial charge < -0.3 is 5.32 Å².